The molecule has 0 atom stereocenters. The van der Waals surface area contributed by atoms with Crippen LogP contribution >= 0.6 is 0 Å². The Morgan fingerprint density at radius 1 is 1.45 bits per heavy atom. The second kappa shape index (κ2) is 6.79. The SMILES string of the molecule is CNc1c(C=O)cccc1Cc1cn(CCCF)nn1. The molecule has 0 saturated heterocycles. The molecular formula is C14H17FN4O. The minimum atomic E-state index is -0.361. The number of halogens is 1. The molecule has 20 heavy (non-hydrogen) atoms. The highest BCUT2D eigenvalue weighted by atomic mass is 19.1. The Morgan fingerprint density at radius 2 is 2.30 bits per heavy atom. The van der Waals surface area contributed by atoms with E-state index in [1.807, 2.05) is 18.3 Å². The Balaban J connectivity index is 2.17. The molecule has 106 valence electrons. The quantitative estimate of drug-likeness (QED) is 0.787. The lowest BCUT2D eigenvalue weighted by atomic mass is 10.0. The molecule has 0 bridgehead atoms. The van der Waals surface area contributed by atoms with Crippen LogP contribution in [0.15, 0.2) is 24.4 Å². The number of nitrogens with one attached hydrogen (secondary N) is 1. The Morgan fingerprint density at radius 3 is 3.00 bits per heavy atom. The first-order valence-corrected chi connectivity index (χ1v) is 6.48. The van der Waals surface area contributed by atoms with Gasteiger partial charge >= 0.3 is 0 Å². The van der Waals surface area contributed by atoms with Gasteiger partial charge in [0.2, 0.25) is 0 Å². The van der Waals surface area contributed by atoms with Gasteiger partial charge in [-0.15, -0.1) is 5.10 Å². The molecule has 0 aliphatic heterocycles. The molecule has 0 fully saturated rings. The first kappa shape index (κ1) is 14.2. The van der Waals surface area contributed by atoms with E-state index < -0.39 is 0 Å². The van der Waals surface area contributed by atoms with Gasteiger partial charge in [-0.05, 0) is 18.1 Å². The molecular weight excluding hydrogens is 259 g/mol. The minimum absolute atomic E-state index is 0.361. The zero-order valence-corrected chi connectivity index (χ0v) is 11.3. The molecule has 0 spiro atoms. The molecule has 5 nitrogen and oxygen atoms in total. The van der Waals surface area contributed by atoms with Crippen LogP contribution in [-0.2, 0) is 13.0 Å². The smallest absolute Gasteiger partial charge is 0.152 e. The molecule has 0 aliphatic carbocycles. The van der Waals surface area contributed by atoms with Gasteiger partial charge in [-0.25, -0.2) is 0 Å². The van der Waals surface area contributed by atoms with E-state index in [1.54, 1.807) is 17.8 Å². The molecule has 0 radical (unpaired) electrons. The highest BCUT2D eigenvalue weighted by Crippen LogP contribution is 2.21. The Labute approximate surface area is 116 Å². The molecule has 0 amide bonds. The lowest BCUT2D eigenvalue weighted by Gasteiger charge is -2.09. The van der Waals surface area contributed by atoms with E-state index in [2.05, 4.69) is 15.6 Å². The highest BCUT2D eigenvalue weighted by molar-refractivity contribution is 5.85. The van der Waals surface area contributed by atoms with Crippen molar-refractivity contribution in [1.82, 2.24) is 15.0 Å². The zero-order valence-electron chi connectivity index (χ0n) is 11.3. The van der Waals surface area contributed by atoms with Crippen molar-refractivity contribution in [3.05, 3.63) is 41.2 Å². The molecule has 0 saturated carbocycles. The Hall–Kier alpha value is -2.24. The van der Waals surface area contributed by atoms with Gasteiger partial charge in [0.1, 0.15) is 0 Å². The van der Waals surface area contributed by atoms with Crippen LogP contribution in [0.5, 0.6) is 0 Å². The molecule has 1 aromatic heterocycles. The molecule has 2 rings (SSSR count). The molecule has 2 aromatic rings. The van der Waals surface area contributed by atoms with Crippen molar-refractivity contribution >= 4 is 12.0 Å². The van der Waals surface area contributed by atoms with Gasteiger partial charge in [-0.2, -0.15) is 0 Å². The summed E-state index contributed by atoms with van der Waals surface area (Å²) in [6.07, 6.45) is 3.65. The maximum Gasteiger partial charge on any atom is 0.152 e. The van der Waals surface area contributed by atoms with E-state index in [-0.39, 0.29) is 6.67 Å². The lowest BCUT2D eigenvalue weighted by molar-refractivity contribution is 0.112. The number of hydrogen-bond acceptors (Lipinski definition) is 4. The van der Waals surface area contributed by atoms with Crippen LogP contribution in [0.4, 0.5) is 10.1 Å². The molecule has 0 unspecified atom stereocenters. The van der Waals surface area contributed by atoms with Crippen LogP contribution in [0.2, 0.25) is 0 Å². The van der Waals surface area contributed by atoms with E-state index in [4.69, 9.17) is 0 Å². The average molecular weight is 276 g/mol. The third kappa shape index (κ3) is 3.20. The van der Waals surface area contributed by atoms with E-state index in [1.165, 1.54) is 0 Å². The second-order valence-corrected chi connectivity index (χ2v) is 4.44. The van der Waals surface area contributed by atoms with Crippen molar-refractivity contribution in [3.63, 3.8) is 0 Å². The van der Waals surface area contributed by atoms with Crippen LogP contribution < -0.4 is 5.32 Å². The maximum atomic E-state index is 12.1. The molecule has 6 heteroatoms. The third-order valence-electron chi connectivity index (χ3n) is 3.04. The summed E-state index contributed by atoms with van der Waals surface area (Å²) in [5.41, 5.74) is 3.20. The van der Waals surface area contributed by atoms with E-state index >= 15 is 0 Å². The van der Waals surface area contributed by atoms with E-state index in [0.29, 0.717) is 24.9 Å². The number of anilines is 1. The first-order chi connectivity index (χ1) is 9.78. The topological polar surface area (TPSA) is 59.8 Å². The fraction of sp³-hybridized carbons (Fsp3) is 0.357. The number of aldehydes is 1. The van der Waals surface area contributed by atoms with Crippen LogP contribution in [0.1, 0.15) is 28.0 Å². The van der Waals surface area contributed by atoms with E-state index in [0.717, 1.165) is 23.2 Å². The Kier molecular flexibility index (Phi) is 4.81. The molecule has 0 aliphatic rings. The summed E-state index contributed by atoms with van der Waals surface area (Å²) in [5.74, 6) is 0. The van der Waals surface area contributed by atoms with Gasteiger partial charge in [0.15, 0.2) is 6.29 Å². The van der Waals surface area contributed by atoms with Crippen molar-refractivity contribution in [2.24, 2.45) is 0 Å². The summed E-state index contributed by atoms with van der Waals surface area (Å²) in [4.78, 5) is 11.0. The number of benzene rings is 1. The summed E-state index contributed by atoms with van der Waals surface area (Å²) in [5, 5.41) is 11.1. The van der Waals surface area contributed by atoms with Crippen molar-refractivity contribution in [3.8, 4) is 0 Å². The normalized spacial score (nSPS) is 10.5. The van der Waals surface area contributed by atoms with Crippen LogP contribution in [0.3, 0.4) is 0 Å². The summed E-state index contributed by atoms with van der Waals surface area (Å²) >= 11 is 0. The highest BCUT2D eigenvalue weighted by Gasteiger charge is 2.09. The lowest BCUT2D eigenvalue weighted by Crippen LogP contribution is -2.01. The Bertz CT molecular complexity index is 582. The van der Waals surface area contributed by atoms with Gasteiger partial charge < -0.3 is 5.32 Å². The van der Waals surface area contributed by atoms with Crippen LogP contribution in [-0.4, -0.2) is 35.0 Å². The van der Waals surface area contributed by atoms with Gasteiger partial charge in [0, 0.05) is 37.5 Å². The first-order valence-electron chi connectivity index (χ1n) is 6.48. The van der Waals surface area contributed by atoms with Gasteiger partial charge in [-0.3, -0.25) is 13.9 Å². The van der Waals surface area contributed by atoms with Crippen LogP contribution in [0, 0.1) is 0 Å². The molecule has 1 aromatic carbocycles. The van der Waals surface area contributed by atoms with Crippen molar-refractivity contribution in [2.45, 2.75) is 19.4 Å². The zero-order chi connectivity index (χ0) is 14.4. The predicted octanol–water partition coefficient (Wildman–Crippen LogP) is 2.08. The number of alkyl halides is 1. The number of hydrogen-bond donors (Lipinski definition) is 1. The van der Waals surface area contributed by atoms with Gasteiger partial charge in [0.05, 0.1) is 12.4 Å². The maximum absolute atomic E-state index is 12.1. The fourth-order valence-corrected chi connectivity index (χ4v) is 2.12. The largest absolute Gasteiger partial charge is 0.387 e. The monoisotopic (exact) mass is 276 g/mol. The fourth-order valence-electron chi connectivity index (χ4n) is 2.12. The average Bonchev–Trinajstić information content (AvgIpc) is 2.92. The predicted molar refractivity (Wildman–Crippen MR) is 74.8 cm³/mol. The van der Waals surface area contributed by atoms with Crippen molar-refractivity contribution < 1.29 is 9.18 Å². The number of carbonyl (C=O) groups excluding carboxylic acids is 1. The number of carbonyl (C=O) groups is 1. The summed E-state index contributed by atoms with van der Waals surface area (Å²) in [7, 11) is 1.78. The summed E-state index contributed by atoms with van der Waals surface area (Å²) in [6.45, 7) is 0.164. The molecule has 1 heterocycles. The van der Waals surface area contributed by atoms with Crippen molar-refractivity contribution in [2.75, 3.05) is 19.0 Å². The third-order valence-corrected chi connectivity index (χ3v) is 3.04. The second-order valence-electron chi connectivity index (χ2n) is 4.44. The van der Waals surface area contributed by atoms with Crippen LogP contribution in [0.25, 0.3) is 0 Å². The number of rotatable bonds is 7. The van der Waals surface area contributed by atoms with E-state index in [9.17, 15) is 9.18 Å². The standard InChI is InChI=1S/C14H17FN4O/c1-16-14-11(4-2-5-12(14)10-20)8-13-9-19(18-17-13)7-3-6-15/h2,4-5,9-10,16H,3,6-8H2,1H3. The summed E-state index contributed by atoms with van der Waals surface area (Å²) in [6, 6.07) is 5.55. The van der Waals surface area contributed by atoms with Gasteiger partial charge in [0.25, 0.3) is 0 Å². The summed E-state index contributed by atoms with van der Waals surface area (Å²) < 4.78 is 13.7. The number of para-hydroxylation sites is 1. The number of aromatic nitrogens is 3. The minimum Gasteiger partial charge on any atom is -0.387 e. The van der Waals surface area contributed by atoms with Gasteiger partial charge in [-0.1, -0.05) is 17.3 Å². The number of nitrogens with zero attached hydrogens (tertiary/aromatic N) is 3. The molecule has 1 N–H and O–H groups in total. The number of aryl methyl sites for hydroxylation is 1. The van der Waals surface area contributed by atoms with Crippen molar-refractivity contribution in [1.29, 1.82) is 0 Å².